The van der Waals surface area contributed by atoms with Crippen LogP contribution in [0.5, 0.6) is 0 Å². The van der Waals surface area contributed by atoms with Gasteiger partial charge in [-0.2, -0.15) is 5.10 Å². The van der Waals surface area contributed by atoms with Crippen molar-refractivity contribution in [2.75, 3.05) is 13.1 Å². The molecule has 0 radical (unpaired) electrons. The third kappa shape index (κ3) is 4.53. The van der Waals surface area contributed by atoms with Gasteiger partial charge in [0.25, 0.3) is 0 Å². The van der Waals surface area contributed by atoms with Crippen LogP contribution in [0.2, 0.25) is 0 Å². The van der Waals surface area contributed by atoms with Crippen LogP contribution >= 0.6 is 12.4 Å². The van der Waals surface area contributed by atoms with Crippen LogP contribution in [0.15, 0.2) is 36.7 Å². The fourth-order valence-corrected chi connectivity index (χ4v) is 2.84. The molecule has 0 saturated carbocycles. The highest BCUT2D eigenvalue weighted by molar-refractivity contribution is 5.85. The van der Waals surface area contributed by atoms with Crippen LogP contribution < -0.4 is 5.73 Å². The first-order valence-corrected chi connectivity index (χ1v) is 7.43. The number of nitrogens with zero attached hydrogens (tertiary/aromatic N) is 3. The fourth-order valence-electron chi connectivity index (χ4n) is 2.84. The molecule has 1 atom stereocenters. The Balaban J connectivity index is 0.00000176. The molecule has 3 rings (SSSR count). The minimum atomic E-state index is -0.207. The van der Waals surface area contributed by atoms with E-state index in [0.29, 0.717) is 12.6 Å². The molecule has 120 valence electrons. The highest BCUT2D eigenvalue weighted by atomic mass is 35.5. The van der Waals surface area contributed by atoms with E-state index >= 15 is 0 Å². The number of piperidine rings is 1. The Kier molecular flexibility index (Phi) is 5.94. The van der Waals surface area contributed by atoms with Crippen molar-refractivity contribution in [3.63, 3.8) is 0 Å². The van der Waals surface area contributed by atoms with Gasteiger partial charge in [-0.25, -0.2) is 4.39 Å². The van der Waals surface area contributed by atoms with Crippen LogP contribution in [0.25, 0.3) is 0 Å². The summed E-state index contributed by atoms with van der Waals surface area (Å²) >= 11 is 0. The molecule has 2 heterocycles. The molecule has 1 aliphatic rings. The van der Waals surface area contributed by atoms with Crippen LogP contribution in [0.1, 0.15) is 24.0 Å². The van der Waals surface area contributed by atoms with Crippen LogP contribution in [0, 0.1) is 5.82 Å². The summed E-state index contributed by atoms with van der Waals surface area (Å²) in [6.45, 7) is 3.64. The van der Waals surface area contributed by atoms with E-state index in [1.54, 1.807) is 12.1 Å². The lowest BCUT2D eigenvalue weighted by molar-refractivity contribution is 0.201. The highest BCUT2D eigenvalue weighted by Gasteiger charge is 2.17. The van der Waals surface area contributed by atoms with E-state index in [-0.39, 0.29) is 18.2 Å². The standard InChI is InChI=1S/C16H21FN4.ClH/c17-15-5-3-13(4-6-15)10-21-11-14(8-19-21)9-20-7-1-2-16(18)12-20;/h3-6,8,11,16H,1-2,7,9-10,12,18H2;1H. The molecule has 4 nitrogen and oxygen atoms in total. The van der Waals surface area contributed by atoms with Gasteiger partial charge in [-0.15, -0.1) is 12.4 Å². The molecule has 1 aliphatic heterocycles. The van der Waals surface area contributed by atoms with E-state index in [1.165, 1.54) is 24.1 Å². The highest BCUT2D eigenvalue weighted by Crippen LogP contribution is 2.13. The Morgan fingerprint density at radius 1 is 1.18 bits per heavy atom. The van der Waals surface area contributed by atoms with E-state index in [0.717, 1.165) is 31.6 Å². The van der Waals surface area contributed by atoms with E-state index in [9.17, 15) is 4.39 Å². The maximum absolute atomic E-state index is 12.9. The van der Waals surface area contributed by atoms with Crippen LogP contribution in [-0.2, 0) is 13.1 Å². The third-order valence-electron chi connectivity index (χ3n) is 3.89. The predicted molar refractivity (Wildman–Crippen MR) is 87.5 cm³/mol. The number of hydrogen-bond acceptors (Lipinski definition) is 3. The van der Waals surface area contributed by atoms with Gasteiger partial charge in [0.15, 0.2) is 0 Å². The van der Waals surface area contributed by atoms with Gasteiger partial charge in [0.2, 0.25) is 0 Å². The number of hydrogen-bond donors (Lipinski definition) is 1. The Bertz CT molecular complexity index is 584. The van der Waals surface area contributed by atoms with Crippen molar-refractivity contribution < 1.29 is 4.39 Å². The van der Waals surface area contributed by atoms with Gasteiger partial charge >= 0.3 is 0 Å². The summed E-state index contributed by atoms with van der Waals surface area (Å²) in [7, 11) is 0. The zero-order valence-corrected chi connectivity index (χ0v) is 13.3. The van der Waals surface area contributed by atoms with Gasteiger partial charge in [-0.05, 0) is 37.1 Å². The normalized spacial score (nSPS) is 18.9. The van der Waals surface area contributed by atoms with Crippen molar-refractivity contribution in [2.24, 2.45) is 5.73 Å². The fraction of sp³-hybridized carbons (Fsp3) is 0.438. The van der Waals surface area contributed by atoms with Gasteiger partial charge in [0, 0.05) is 30.9 Å². The topological polar surface area (TPSA) is 47.1 Å². The number of halogens is 2. The molecule has 22 heavy (non-hydrogen) atoms. The Morgan fingerprint density at radius 3 is 2.68 bits per heavy atom. The Hall–Kier alpha value is -1.43. The van der Waals surface area contributed by atoms with Gasteiger partial charge in [-0.3, -0.25) is 9.58 Å². The Labute approximate surface area is 136 Å². The monoisotopic (exact) mass is 324 g/mol. The minimum Gasteiger partial charge on any atom is -0.327 e. The van der Waals surface area contributed by atoms with Gasteiger partial charge in [0.05, 0.1) is 12.7 Å². The number of benzene rings is 1. The quantitative estimate of drug-likeness (QED) is 0.939. The maximum Gasteiger partial charge on any atom is 0.123 e. The first-order valence-electron chi connectivity index (χ1n) is 7.43. The summed E-state index contributed by atoms with van der Waals surface area (Å²) in [5.41, 5.74) is 8.25. The van der Waals surface area contributed by atoms with Crippen molar-refractivity contribution >= 4 is 12.4 Å². The summed E-state index contributed by atoms with van der Waals surface area (Å²) < 4.78 is 14.8. The first-order chi connectivity index (χ1) is 10.2. The number of aromatic nitrogens is 2. The molecule has 0 spiro atoms. The molecular formula is C16H22ClFN4. The average molecular weight is 325 g/mol. The number of likely N-dealkylation sites (tertiary alicyclic amines) is 1. The van der Waals surface area contributed by atoms with Crippen molar-refractivity contribution in [3.8, 4) is 0 Å². The summed E-state index contributed by atoms with van der Waals surface area (Å²) in [4.78, 5) is 2.38. The van der Waals surface area contributed by atoms with Gasteiger partial charge in [0.1, 0.15) is 5.82 Å². The summed E-state index contributed by atoms with van der Waals surface area (Å²) in [5, 5.41) is 4.38. The minimum absolute atomic E-state index is 0. The van der Waals surface area contributed by atoms with Crippen molar-refractivity contribution in [2.45, 2.75) is 32.0 Å². The SMILES string of the molecule is Cl.NC1CCCN(Cc2cnn(Cc3ccc(F)cc3)c2)C1. The van der Waals surface area contributed by atoms with Crippen molar-refractivity contribution in [1.29, 1.82) is 0 Å². The molecule has 1 unspecified atom stereocenters. The molecule has 1 fully saturated rings. The van der Waals surface area contributed by atoms with E-state index in [4.69, 9.17) is 5.73 Å². The lowest BCUT2D eigenvalue weighted by Gasteiger charge is -2.30. The lowest BCUT2D eigenvalue weighted by Crippen LogP contribution is -2.42. The first kappa shape index (κ1) is 16.9. The molecule has 6 heteroatoms. The smallest absolute Gasteiger partial charge is 0.123 e. The largest absolute Gasteiger partial charge is 0.327 e. The molecule has 1 aromatic carbocycles. The van der Waals surface area contributed by atoms with E-state index in [2.05, 4.69) is 16.2 Å². The van der Waals surface area contributed by atoms with E-state index in [1.807, 2.05) is 10.9 Å². The third-order valence-corrected chi connectivity index (χ3v) is 3.89. The summed E-state index contributed by atoms with van der Waals surface area (Å²) in [6, 6.07) is 6.85. The Morgan fingerprint density at radius 2 is 1.95 bits per heavy atom. The van der Waals surface area contributed by atoms with E-state index < -0.39 is 0 Å². The van der Waals surface area contributed by atoms with Gasteiger partial charge < -0.3 is 5.73 Å². The van der Waals surface area contributed by atoms with Gasteiger partial charge in [-0.1, -0.05) is 12.1 Å². The summed E-state index contributed by atoms with van der Waals surface area (Å²) in [6.07, 6.45) is 6.26. The maximum atomic E-state index is 12.9. The molecule has 2 aromatic rings. The molecule has 0 amide bonds. The molecule has 0 aliphatic carbocycles. The zero-order valence-electron chi connectivity index (χ0n) is 12.5. The molecule has 2 N–H and O–H groups in total. The predicted octanol–water partition coefficient (Wildman–Crippen LogP) is 2.42. The zero-order chi connectivity index (χ0) is 14.7. The molecular weight excluding hydrogens is 303 g/mol. The van der Waals surface area contributed by atoms with Crippen molar-refractivity contribution in [3.05, 3.63) is 53.6 Å². The average Bonchev–Trinajstić information content (AvgIpc) is 2.89. The molecule has 1 saturated heterocycles. The lowest BCUT2D eigenvalue weighted by atomic mass is 10.1. The van der Waals surface area contributed by atoms with Crippen molar-refractivity contribution in [1.82, 2.24) is 14.7 Å². The van der Waals surface area contributed by atoms with Crippen LogP contribution in [-0.4, -0.2) is 33.8 Å². The van der Waals surface area contributed by atoms with Crippen LogP contribution in [0.4, 0.5) is 4.39 Å². The summed E-state index contributed by atoms with van der Waals surface area (Å²) in [5.74, 6) is -0.207. The second-order valence-corrected chi connectivity index (χ2v) is 5.81. The number of nitrogens with two attached hydrogens (primary N) is 1. The second kappa shape index (κ2) is 7.72. The number of rotatable bonds is 4. The van der Waals surface area contributed by atoms with Crippen LogP contribution in [0.3, 0.4) is 0 Å². The second-order valence-electron chi connectivity index (χ2n) is 5.81. The molecule has 0 bridgehead atoms. The molecule has 1 aromatic heterocycles.